The fourth-order valence-corrected chi connectivity index (χ4v) is 3.11. The first-order valence-corrected chi connectivity index (χ1v) is 8.33. The van der Waals surface area contributed by atoms with E-state index in [2.05, 4.69) is 78.2 Å². The van der Waals surface area contributed by atoms with E-state index in [0.29, 0.717) is 5.92 Å². The van der Waals surface area contributed by atoms with Crippen LogP contribution < -0.4 is 4.90 Å². The molecule has 2 nitrogen and oxygen atoms in total. The molecule has 1 aliphatic rings. The third kappa shape index (κ3) is 3.69. The van der Waals surface area contributed by atoms with E-state index in [1.807, 2.05) is 0 Å². The number of anilines is 1. The smallest absolute Gasteiger partial charge is 0.0367 e. The van der Waals surface area contributed by atoms with Crippen LogP contribution in [0.25, 0.3) is 0 Å². The molecule has 0 bridgehead atoms. The van der Waals surface area contributed by atoms with Crippen molar-refractivity contribution in [3.8, 4) is 0 Å². The lowest BCUT2D eigenvalue weighted by atomic mass is 10.0. The number of rotatable bonds is 4. The number of piperazine rings is 1. The molecule has 0 saturated carbocycles. The summed E-state index contributed by atoms with van der Waals surface area (Å²) in [5.74, 6) is 0.606. The lowest BCUT2D eigenvalue weighted by molar-refractivity contribution is 0.250. The zero-order valence-electron chi connectivity index (χ0n) is 13.7. The molecule has 1 saturated heterocycles. The minimum atomic E-state index is 0.606. The summed E-state index contributed by atoms with van der Waals surface area (Å²) in [5, 5.41) is 0. The van der Waals surface area contributed by atoms with Crippen LogP contribution in [0.1, 0.15) is 30.9 Å². The first-order valence-electron chi connectivity index (χ1n) is 8.33. The molecule has 1 fully saturated rings. The van der Waals surface area contributed by atoms with E-state index in [1.165, 1.54) is 16.8 Å². The molecule has 1 aliphatic heterocycles. The van der Waals surface area contributed by atoms with Crippen LogP contribution in [0.15, 0.2) is 54.6 Å². The van der Waals surface area contributed by atoms with E-state index in [1.54, 1.807) is 0 Å². The highest BCUT2D eigenvalue weighted by molar-refractivity contribution is 5.46. The zero-order chi connectivity index (χ0) is 15.4. The molecular formula is C20H26N2. The summed E-state index contributed by atoms with van der Waals surface area (Å²) >= 11 is 0. The van der Waals surface area contributed by atoms with Crippen molar-refractivity contribution >= 4 is 5.69 Å². The summed E-state index contributed by atoms with van der Waals surface area (Å²) in [6, 6.07) is 19.8. The Hall–Kier alpha value is -1.80. The number of benzene rings is 2. The summed E-state index contributed by atoms with van der Waals surface area (Å²) in [6.45, 7) is 10.1. The minimum Gasteiger partial charge on any atom is -0.369 e. The molecule has 0 amide bonds. The highest BCUT2D eigenvalue weighted by Crippen LogP contribution is 2.19. The van der Waals surface area contributed by atoms with Gasteiger partial charge in [0.15, 0.2) is 0 Å². The molecule has 3 rings (SSSR count). The van der Waals surface area contributed by atoms with Gasteiger partial charge in [0.25, 0.3) is 0 Å². The van der Waals surface area contributed by atoms with Crippen molar-refractivity contribution in [2.45, 2.75) is 26.3 Å². The number of hydrogen-bond donors (Lipinski definition) is 0. The highest BCUT2D eigenvalue weighted by Gasteiger charge is 2.17. The Bertz CT molecular complexity index is 584. The van der Waals surface area contributed by atoms with Crippen molar-refractivity contribution in [1.82, 2.24) is 4.90 Å². The van der Waals surface area contributed by atoms with Crippen LogP contribution in [0.5, 0.6) is 0 Å². The molecule has 116 valence electrons. The fourth-order valence-electron chi connectivity index (χ4n) is 3.11. The highest BCUT2D eigenvalue weighted by atomic mass is 15.3. The van der Waals surface area contributed by atoms with Gasteiger partial charge in [0, 0.05) is 38.4 Å². The first kappa shape index (κ1) is 15.1. The monoisotopic (exact) mass is 294 g/mol. The second-order valence-electron chi connectivity index (χ2n) is 6.50. The quantitative estimate of drug-likeness (QED) is 0.836. The summed E-state index contributed by atoms with van der Waals surface area (Å²) in [4.78, 5) is 5.06. The van der Waals surface area contributed by atoms with Crippen LogP contribution in [-0.4, -0.2) is 31.1 Å². The summed E-state index contributed by atoms with van der Waals surface area (Å²) < 4.78 is 0. The van der Waals surface area contributed by atoms with Crippen LogP contribution >= 0.6 is 0 Å². The lowest BCUT2D eigenvalue weighted by Gasteiger charge is -2.36. The molecule has 0 aromatic heterocycles. The van der Waals surface area contributed by atoms with Gasteiger partial charge >= 0.3 is 0 Å². The van der Waals surface area contributed by atoms with E-state index in [9.17, 15) is 0 Å². The van der Waals surface area contributed by atoms with E-state index in [4.69, 9.17) is 0 Å². The maximum Gasteiger partial charge on any atom is 0.0367 e. The summed E-state index contributed by atoms with van der Waals surface area (Å²) in [6.07, 6.45) is 0. The van der Waals surface area contributed by atoms with E-state index < -0.39 is 0 Å². The SMILES string of the molecule is CC(C)c1cccc(CN2CCN(c3ccccc3)CC2)c1. The molecular weight excluding hydrogens is 268 g/mol. The lowest BCUT2D eigenvalue weighted by Crippen LogP contribution is -2.45. The molecule has 0 spiro atoms. The average molecular weight is 294 g/mol. The van der Waals surface area contributed by atoms with E-state index in [0.717, 1.165) is 32.7 Å². The largest absolute Gasteiger partial charge is 0.369 e. The normalized spacial score (nSPS) is 16.2. The van der Waals surface area contributed by atoms with Gasteiger partial charge in [-0.15, -0.1) is 0 Å². The van der Waals surface area contributed by atoms with E-state index >= 15 is 0 Å². The van der Waals surface area contributed by atoms with Crippen LogP contribution in [-0.2, 0) is 6.54 Å². The van der Waals surface area contributed by atoms with Crippen LogP contribution in [0, 0.1) is 0 Å². The van der Waals surface area contributed by atoms with Gasteiger partial charge in [0.2, 0.25) is 0 Å². The minimum absolute atomic E-state index is 0.606. The molecule has 22 heavy (non-hydrogen) atoms. The zero-order valence-corrected chi connectivity index (χ0v) is 13.7. The number of hydrogen-bond acceptors (Lipinski definition) is 2. The molecule has 2 aromatic carbocycles. The van der Waals surface area contributed by atoms with Crippen molar-refractivity contribution in [2.24, 2.45) is 0 Å². The number of para-hydroxylation sites is 1. The van der Waals surface area contributed by atoms with Crippen molar-refractivity contribution in [2.75, 3.05) is 31.1 Å². The van der Waals surface area contributed by atoms with Crippen LogP contribution in [0.4, 0.5) is 5.69 Å². The molecule has 1 heterocycles. The Morgan fingerprint density at radius 2 is 1.59 bits per heavy atom. The predicted octanol–water partition coefficient (Wildman–Crippen LogP) is 4.13. The van der Waals surface area contributed by atoms with E-state index in [-0.39, 0.29) is 0 Å². The molecule has 0 N–H and O–H groups in total. The Morgan fingerprint density at radius 1 is 0.864 bits per heavy atom. The van der Waals surface area contributed by atoms with Crippen LogP contribution in [0.2, 0.25) is 0 Å². The number of nitrogens with zero attached hydrogens (tertiary/aromatic N) is 2. The van der Waals surface area contributed by atoms with Crippen molar-refractivity contribution < 1.29 is 0 Å². The predicted molar refractivity (Wildman–Crippen MR) is 94.5 cm³/mol. The standard InChI is InChI=1S/C20H26N2/c1-17(2)19-8-6-7-18(15-19)16-21-11-13-22(14-12-21)20-9-4-3-5-10-20/h3-10,15,17H,11-14,16H2,1-2H3. The Labute approximate surface area is 134 Å². The van der Waals surface area contributed by atoms with Crippen LogP contribution in [0.3, 0.4) is 0 Å². The van der Waals surface area contributed by atoms with Crippen molar-refractivity contribution in [3.05, 3.63) is 65.7 Å². The fraction of sp³-hybridized carbons (Fsp3) is 0.400. The maximum absolute atomic E-state index is 2.57. The second kappa shape index (κ2) is 6.97. The average Bonchev–Trinajstić information content (AvgIpc) is 2.56. The molecule has 0 radical (unpaired) electrons. The Morgan fingerprint density at radius 3 is 2.27 bits per heavy atom. The molecule has 2 aromatic rings. The Balaban J connectivity index is 1.57. The molecule has 0 unspecified atom stereocenters. The van der Waals surface area contributed by atoms with Crippen molar-refractivity contribution in [1.29, 1.82) is 0 Å². The van der Waals surface area contributed by atoms with Gasteiger partial charge in [-0.3, -0.25) is 4.90 Å². The summed E-state index contributed by atoms with van der Waals surface area (Å²) in [5.41, 5.74) is 4.24. The van der Waals surface area contributed by atoms with Gasteiger partial charge in [-0.1, -0.05) is 56.3 Å². The van der Waals surface area contributed by atoms with Gasteiger partial charge in [-0.05, 0) is 29.2 Å². The Kier molecular flexibility index (Phi) is 4.79. The van der Waals surface area contributed by atoms with Crippen molar-refractivity contribution in [3.63, 3.8) is 0 Å². The third-order valence-corrected chi connectivity index (χ3v) is 4.52. The molecule has 0 atom stereocenters. The summed E-state index contributed by atoms with van der Waals surface area (Å²) in [7, 11) is 0. The van der Waals surface area contributed by atoms with Gasteiger partial charge in [-0.2, -0.15) is 0 Å². The van der Waals surface area contributed by atoms with Gasteiger partial charge < -0.3 is 4.90 Å². The molecule has 2 heteroatoms. The first-order chi connectivity index (χ1) is 10.7. The van der Waals surface area contributed by atoms with Gasteiger partial charge in [-0.25, -0.2) is 0 Å². The topological polar surface area (TPSA) is 6.48 Å². The second-order valence-corrected chi connectivity index (χ2v) is 6.50. The molecule has 0 aliphatic carbocycles. The van der Waals surface area contributed by atoms with Gasteiger partial charge in [0.05, 0.1) is 0 Å². The third-order valence-electron chi connectivity index (χ3n) is 4.52. The maximum atomic E-state index is 2.57. The van der Waals surface area contributed by atoms with Gasteiger partial charge in [0.1, 0.15) is 0 Å².